The van der Waals surface area contributed by atoms with Gasteiger partial charge in [0.2, 0.25) is 0 Å². The van der Waals surface area contributed by atoms with Crippen LogP contribution in [0, 0.1) is 5.82 Å². The summed E-state index contributed by atoms with van der Waals surface area (Å²) in [6.45, 7) is 0. The predicted octanol–water partition coefficient (Wildman–Crippen LogP) is 5.05. The highest BCUT2D eigenvalue weighted by Crippen LogP contribution is 2.37. The van der Waals surface area contributed by atoms with E-state index >= 15 is 0 Å². The lowest BCUT2D eigenvalue weighted by atomic mass is 10.1. The molecular formula is C15H12ClFOS. The molecule has 4 heteroatoms. The first-order chi connectivity index (χ1) is 9.13. The molecule has 0 fully saturated rings. The van der Waals surface area contributed by atoms with E-state index in [1.54, 1.807) is 6.07 Å². The summed E-state index contributed by atoms with van der Waals surface area (Å²) in [5.74, 6) is 0.794. The summed E-state index contributed by atoms with van der Waals surface area (Å²) in [5.41, 5.74) is 2.41. The molecule has 0 radical (unpaired) electrons. The monoisotopic (exact) mass is 294 g/mol. The Hall–Kier alpha value is -1.19. The SMILES string of the molecule is Fc1cc(Cl)cc(Oc2ccc(S)c3c2CCC3)c1. The highest BCUT2D eigenvalue weighted by atomic mass is 35.5. The molecule has 0 aliphatic heterocycles. The Morgan fingerprint density at radius 1 is 1.11 bits per heavy atom. The predicted molar refractivity (Wildman–Crippen MR) is 77.2 cm³/mol. The van der Waals surface area contributed by atoms with Gasteiger partial charge in [-0.15, -0.1) is 12.6 Å². The van der Waals surface area contributed by atoms with E-state index in [4.69, 9.17) is 16.3 Å². The van der Waals surface area contributed by atoms with Crippen LogP contribution in [0.1, 0.15) is 17.5 Å². The van der Waals surface area contributed by atoms with E-state index in [0.717, 1.165) is 29.9 Å². The maximum Gasteiger partial charge on any atom is 0.131 e. The van der Waals surface area contributed by atoms with Crippen LogP contribution in [0.3, 0.4) is 0 Å². The number of hydrogen-bond donors (Lipinski definition) is 1. The molecular weight excluding hydrogens is 283 g/mol. The highest BCUT2D eigenvalue weighted by Gasteiger charge is 2.18. The van der Waals surface area contributed by atoms with Crippen molar-refractivity contribution in [1.29, 1.82) is 0 Å². The molecule has 0 aromatic heterocycles. The molecule has 0 atom stereocenters. The van der Waals surface area contributed by atoms with Gasteiger partial charge >= 0.3 is 0 Å². The summed E-state index contributed by atoms with van der Waals surface area (Å²) >= 11 is 10.3. The van der Waals surface area contributed by atoms with Gasteiger partial charge in [-0.3, -0.25) is 0 Å². The van der Waals surface area contributed by atoms with Crippen LogP contribution in [0.4, 0.5) is 4.39 Å². The maximum absolute atomic E-state index is 13.3. The topological polar surface area (TPSA) is 9.23 Å². The summed E-state index contributed by atoms with van der Waals surface area (Å²) in [4.78, 5) is 0.997. The molecule has 1 aliphatic rings. The van der Waals surface area contributed by atoms with Crippen LogP contribution in [0.25, 0.3) is 0 Å². The largest absolute Gasteiger partial charge is 0.457 e. The second-order valence-electron chi connectivity index (χ2n) is 4.60. The molecule has 2 aromatic carbocycles. The second-order valence-corrected chi connectivity index (χ2v) is 5.52. The number of benzene rings is 2. The average Bonchev–Trinajstić information content (AvgIpc) is 2.81. The van der Waals surface area contributed by atoms with Crippen molar-refractivity contribution in [3.63, 3.8) is 0 Å². The lowest BCUT2D eigenvalue weighted by Crippen LogP contribution is -1.93. The van der Waals surface area contributed by atoms with E-state index in [-0.39, 0.29) is 0 Å². The van der Waals surface area contributed by atoms with Gasteiger partial charge in [0.15, 0.2) is 0 Å². The van der Waals surface area contributed by atoms with Crippen molar-refractivity contribution in [2.24, 2.45) is 0 Å². The van der Waals surface area contributed by atoms with E-state index in [1.165, 1.54) is 23.3 Å². The molecule has 1 aliphatic carbocycles. The number of thiol groups is 1. The molecule has 2 aromatic rings. The molecule has 0 bridgehead atoms. The molecule has 19 heavy (non-hydrogen) atoms. The standard InChI is InChI=1S/C15H12ClFOS/c16-9-6-10(17)8-11(7-9)18-14-4-5-15(19)13-3-1-2-12(13)14/h4-8,19H,1-3H2. The maximum atomic E-state index is 13.3. The third-order valence-corrected chi connectivity index (χ3v) is 3.92. The summed E-state index contributed by atoms with van der Waals surface area (Å²) in [7, 11) is 0. The number of hydrogen-bond acceptors (Lipinski definition) is 2. The lowest BCUT2D eigenvalue weighted by molar-refractivity contribution is 0.471. The summed E-state index contributed by atoms with van der Waals surface area (Å²) in [6, 6.07) is 8.01. The van der Waals surface area contributed by atoms with Crippen LogP contribution in [0.5, 0.6) is 11.5 Å². The summed E-state index contributed by atoms with van der Waals surface area (Å²) in [6.07, 6.45) is 3.10. The molecule has 3 rings (SSSR count). The second kappa shape index (κ2) is 5.06. The minimum Gasteiger partial charge on any atom is -0.457 e. The third-order valence-electron chi connectivity index (χ3n) is 3.28. The fraction of sp³-hybridized carbons (Fsp3) is 0.200. The Morgan fingerprint density at radius 2 is 1.89 bits per heavy atom. The molecule has 0 amide bonds. The fourth-order valence-corrected chi connectivity index (χ4v) is 3.00. The molecule has 0 saturated carbocycles. The average molecular weight is 295 g/mol. The van der Waals surface area contributed by atoms with Gasteiger partial charge in [0.05, 0.1) is 0 Å². The Balaban J connectivity index is 1.98. The smallest absolute Gasteiger partial charge is 0.131 e. The number of ether oxygens (including phenoxy) is 1. The van der Waals surface area contributed by atoms with Gasteiger partial charge in [0.25, 0.3) is 0 Å². The fourth-order valence-electron chi connectivity index (χ4n) is 2.46. The van der Waals surface area contributed by atoms with Crippen molar-refractivity contribution in [3.8, 4) is 11.5 Å². The number of rotatable bonds is 2. The first-order valence-corrected chi connectivity index (χ1v) is 6.93. The molecule has 0 spiro atoms. The first-order valence-electron chi connectivity index (χ1n) is 6.11. The van der Waals surface area contributed by atoms with Crippen LogP contribution in [-0.2, 0) is 12.8 Å². The third kappa shape index (κ3) is 2.58. The van der Waals surface area contributed by atoms with Gasteiger partial charge in [0.1, 0.15) is 17.3 Å². The lowest BCUT2D eigenvalue weighted by Gasteiger charge is -2.12. The highest BCUT2D eigenvalue weighted by molar-refractivity contribution is 7.80. The molecule has 0 N–H and O–H groups in total. The molecule has 98 valence electrons. The van der Waals surface area contributed by atoms with Gasteiger partial charge in [-0.05, 0) is 54.7 Å². The molecule has 0 unspecified atom stereocenters. The van der Waals surface area contributed by atoms with Crippen molar-refractivity contribution < 1.29 is 9.13 Å². The van der Waals surface area contributed by atoms with E-state index in [1.807, 2.05) is 12.1 Å². The first kappa shape index (κ1) is 12.8. The van der Waals surface area contributed by atoms with Crippen molar-refractivity contribution in [1.82, 2.24) is 0 Å². The zero-order chi connectivity index (χ0) is 13.4. The number of fused-ring (bicyclic) bond motifs is 1. The van der Waals surface area contributed by atoms with Gasteiger partial charge in [-0.25, -0.2) is 4.39 Å². The Morgan fingerprint density at radius 3 is 2.68 bits per heavy atom. The Bertz CT molecular complexity index is 622. The Labute approximate surface area is 121 Å². The minimum atomic E-state index is -0.398. The van der Waals surface area contributed by atoms with Crippen LogP contribution < -0.4 is 4.74 Å². The van der Waals surface area contributed by atoms with Crippen molar-refractivity contribution in [3.05, 3.63) is 52.3 Å². The Kier molecular flexibility index (Phi) is 3.42. The van der Waals surface area contributed by atoms with E-state index in [2.05, 4.69) is 12.6 Å². The van der Waals surface area contributed by atoms with E-state index in [9.17, 15) is 4.39 Å². The summed E-state index contributed by atoms with van der Waals surface area (Å²) < 4.78 is 19.1. The van der Waals surface area contributed by atoms with Crippen LogP contribution >= 0.6 is 24.2 Å². The zero-order valence-corrected chi connectivity index (χ0v) is 11.8. The minimum absolute atomic E-state index is 0.331. The van der Waals surface area contributed by atoms with Crippen molar-refractivity contribution in [2.45, 2.75) is 24.2 Å². The van der Waals surface area contributed by atoms with Crippen molar-refractivity contribution >= 4 is 24.2 Å². The van der Waals surface area contributed by atoms with Crippen LogP contribution in [0.15, 0.2) is 35.2 Å². The van der Waals surface area contributed by atoms with E-state index in [0.29, 0.717) is 10.8 Å². The normalized spacial score (nSPS) is 13.4. The van der Waals surface area contributed by atoms with Gasteiger partial charge in [-0.1, -0.05) is 11.6 Å². The number of halogens is 2. The molecule has 1 nitrogen and oxygen atoms in total. The van der Waals surface area contributed by atoms with Gasteiger partial charge in [0, 0.05) is 16.0 Å². The van der Waals surface area contributed by atoms with Gasteiger partial charge in [-0.2, -0.15) is 0 Å². The quantitative estimate of drug-likeness (QED) is 0.763. The van der Waals surface area contributed by atoms with Crippen LogP contribution in [-0.4, -0.2) is 0 Å². The zero-order valence-electron chi connectivity index (χ0n) is 10.1. The molecule has 0 heterocycles. The molecule has 0 saturated heterocycles. The van der Waals surface area contributed by atoms with Crippen LogP contribution in [0.2, 0.25) is 5.02 Å². The van der Waals surface area contributed by atoms with Gasteiger partial charge < -0.3 is 4.74 Å². The van der Waals surface area contributed by atoms with E-state index < -0.39 is 5.82 Å². The summed E-state index contributed by atoms with van der Waals surface area (Å²) in [5, 5.41) is 0.331. The van der Waals surface area contributed by atoms with Crippen molar-refractivity contribution in [2.75, 3.05) is 0 Å².